The molecule has 3 rings (SSSR count). The Morgan fingerprint density at radius 1 is 1.33 bits per heavy atom. The van der Waals surface area contributed by atoms with Crippen molar-refractivity contribution in [2.24, 2.45) is 0 Å². The number of ether oxygens (including phenoxy) is 1. The van der Waals surface area contributed by atoms with Gasteiger partial charge in [-0.2, -0.15) is 0 Å². The molecule has 1 unspecified atom stereocenters. The zero-order chi connectivity index (χ0) is 15.0. The monoisotopic (exact) mass is 347 g/mol. The molecule has 108 valence electrons. The van der Waals surface area contributed by atoms with Gasteiger partial charge in [0.25, 0.3) is 5.91 Å². The lowest BCUT2D eigenvalue weighted by Crippen LogP contribution is -2.25. The van der Waals surface area contributed by atoms with Crippen LogP contribution in [0.15, 0.2) is 40.9 Å². The second kappa shape index (κ2) is 5.50. The smallest absolute Gasteiger partial charge is 0.262 e. The van der Waals surface area contributed by atoms with E-state index in [0.29, 0.717) is 17.0 Å². The maximum absolute atomic E-state index is 11.4. The van der Waals surface area contributed by atoms with Crippen LogP contribution in [-0.4, -0.2) is 17.6 Å². The lowest BCUT2D eigenvalue weighted by Gasteiger charge is -2.21. The minimum atomic E-state index is -0.758. The molecule has 2 aromatic rings. The molecule has 4 nitrogen and oxygen atoms in total. The number of carbonyl (C=O) groups is 1. The van der Waals surface area contributed by atoms with Gasteiger partial charge in [-0.1, -0.05) is 34.1 Å². The van der Waals surface area contributed by atoms with Crippen molar-refractivity contribution >= 4 is 27.5 Å². The van der Waals surface area contributed by atoms with Crippen molar-refractivity contribution in [1.82, 2.24) is 0 Å². The average Bonchev–Trinajstić information content (AvgIpc) is 2.48. The maximum atomic E-state index is 11.4. The number of fused-ring (bicyclic) bond motifs is 1. The zero-order valence-electron chi connectivity index (χ0n) is 11.4. The van der Waals surface area contributed by atoms with Crippen LogP contribution in [0.3, 0.4) is 0 Å². The van der Waals surface area contributed by atoms with E-state index in [9.17, 15) is 9.90 Å². The Bertz CT molecular complexity index is 715. The van der Waals surface area contributed by atoms with E-state index in [1.54, 1.807) is 18.2 Å². The van der Waals surface area contributed by atoms with Crippen LogP contribution in [0.4, 0.5) is 5.69 Å². The molecule has 21 heavy (non-hydrogen) atoms. The van der Waals surface area contributed by atoms with Crippen LogP contribution >= 0.6 is 15.9 Å². The number of aliphatic hydroxyl groups excluding tert-OH is 1. The first-order valence-corrected chi connectivity index (χ1v) is 7.35. The Morgan fingerprint density at radius 3 is 2.95 bits per heavy atom. The average molecular weight is 348 g/mol. The van der Waals surface area contributed by atoms with Gasteiger partial charge >= 0.3 is 0 Å². The number of amides is 1. The third kappa shape index (κ3) is 2.66. The molecule has 0 saturated carbocycles. The molecule has 0 saturated heterocycles. The number of nitrogens with one attached hydrogen (secondary N) is 1. The quantitative estimate of drug-likeness (QED) is 0.877. The highest BCUT2D eigenvalue weighted by molar-refractivity contribution is 9.10. The number of aliphatic hydroxyl groups is 1. The van der Waals surface area contributed by atoms with Gasteiger partial charge < -0.3 is 15.2 Å². The van der Waals surface area contributed by atoms with Crippen LogP contribution in [0.5, 0.6) is 5.75 Å². The molecule has 0 spiro atoms. The van der Waals surface area contributed by atoms with Gasteiger partial charge in [-0.05, 0) is 41.8 Å². The minimum absolute atomic E-state index is 0.0274. The molecule has 0 bridgehead atoms. The molecule has 1 atom stereocenters. The topological polar surface area (TPSA) is 58.6 Å². The van der Waals surface area contributed by atoms with E-state index >= 15 is 0 Å². The summed E-state index contributed by atoms with van der Waals surface area (Å²) in [5, 5.41) is 13.3. The molecule has 1 amide bonds. The van der Waals surface area contributed by atoms with Crippen molar-refractivity contribution in [2.45, 2.75) is 13.0 Å². The summed E-state index contributed by atoms with van der Waals surface area (Å²) in [6, 6.07) is 11.0. The summed E-state index contributed by atoms with van der Waals surface area (Å²) >= 11 is 3.47. The maximum Gasteiger partial charge on any atom is 0.262 e. The molecule has 2 aromatic carbocycles. The summed E-state index contributed by atoms with van der Waals surface area (Å²) in [4.78, 5) is 11.4. The molecule has 0 aliphatic carbocycles. The van der Waals surface area contributed by atoms with Gasteiger partial charge in [0, 0.05) is 4.47 Å². The van der Waals surface area contributed by atoms with E-state index in [-0.39, 0.29) is 12.5 Å². The highest BCUT2D eigenvalue weighted by Gasteiger charge is 2.20. The molecule has 0 radical (unpaired) electrons. The SMILES string of the molecule is Cc1c(Br)cccc1C(O)c1ccc2c(c1)NC(=O)CO2. The van der Waals surface area contributed by atoms with E-state index in [4.69, 9.17) is 4.74 Å². The Morgan fingerprint density at radius 2 is 2.14 bits per heavy atom. The molecular weight excluding hydrogens is 334 g/mol. The van der Waals surface area contributed by atoms with E-state index in [1.807, 2.05) is 25.1 Å². The predicted molar refractivity (Wildman–Crippen MR) is 83.5 cm³/mol. The fourth-order valence-corrected chi connectivity index (χ4v) is 2.75. The number of anilines is 1. The molecule has 1 heterocycles. The third-order valence-corrected chi connectivity index (χ3v) is 4.42. The minimum Gasteiger partial charge on any atom is -0.482 e. The number of hydrogen-bond donors (Lipinski definition) is 2. The molecule has 5 heteroatoms. The van der Waals surface area contributed by atoms with E-state index < -0.39 is 6.10 Å². The predicted octanol–water partition coefficient (Wildman–Crippen LogP) is 3.17. The van der Waals surface area contributed by atoms with Crippen LogP contribution in [-0.2, 0) is 4.79 Å². The van der Waals surface area contributed by atoms with Crippen molar-refractivity contribution in [3.63, 3.8) is 0 Å². The summed E-state index contributed by atoms with van der Waals surface area (Å²) in [5.74, 6) is 0.435. The van der Waals surface area contributed by atoms with Gasteiger partial charge in [-0.15, -0.1) is 0 Å². The Labute approximate surface area is 130 Å². The summed E-state index contributed by atoms with van der Waals surface area (Å²) in [5.41, 5.74) is 3.12. The lowest BCUT2D eigenvalue weighted by molar-refractivity contribution is -0.118. The summed E-state index contributed by atoms with van der Waals surface area (Å²) in [6.07, 6.45) is -0.758. The number of hydrogen-bond acceptors (Lipinski definition) is 3. The van der Waals surface area contributed by atoms with Crippen molar-refractivity contribution in [3.05, 3.63) is 57.6 Å². The van der Waals surface area contributed by atoms with E-state index in [1.165, 1.54) is 0 Å². The first-order chi connectivity index (χ1) is 10.1. The number of halogens is 1. The number of carbonyl (C=O) groups excluding carboxylic acids is 1. The third-order valence-electron chi connectivity index (χ3n) is 3.56. The molecule has 1 aliphatic heterocycles. The van der Waals surface area contributed by atoms with Gasteiger partial charge in [-0.25, -0.2) is 0 Å². The summed E-state index contributed by atoms with van der Waals surface area (Å²) in [6.45, 7) is 1.98. The summed E-state index contributed by atoms with van der Waals surface area (Å²) in [7, 11) is 0. The van der Waals surface area contributed by atoms with Crippen LogP contribution in [0, 0.1) is 6.92 Å². The highest BCUT2D eigenvalue weighted by atomic mass is 79.9. The molecular formula is C16H14BrNO3. The number of benzene rings is 2. The molecule has 1 aliphatic rings. The normalized spacial score (nSPS) is 14.9. The van der Waals surface area contributed by atoms with Crippen molar-refractivity contribution < 1.29 is 14.6 Å². The molecule has 0 aromatic heterocycles. The van der Waals surface area contributed by atoms with Crippen LogP contribution in [0.2, 0.25) is 0 Å². The Hall–Kier alpha value is -1.85. The van der Waals surface area contributed by atoms with Gasteiger partial charge in [-0.3, -0.25) is 4.79 Å². The van der Waals surface area contributed by atoms with Gasteiger partial charge in [0.05, 0.1) is 5.69 Å². The van der Waals surface area contributed by atoms with Gasteiger partial charge in [0.1, 0.15) is 11.9 Å². The van der Waals surface area contributed by atoms with Gasteiger partial charge in [0.2, 0.25) is 0 Å². The fraction of sp³-hybridized carbons (Fsp3) is 0.188. The standard InChI is InChI=1S/C16H14BrNO3/c1-9-11(3-2-4-12(9)17)16(20)10-5-6-14-13(7-10)18-15(19)8-21-14/h2-7,16,20H,8H2,1H3,(H,18,19). The second-order valence-electron chi connectivity index (χ2n) is 4.95. The fourth-order valence-electron chi connectivity index (χ4n) is 2.37. The Kier molecular flexibility index (Phi) is 3.69. The lowest BCUT2D eigenvalue weighted by atomic mass is 9.97. The zero-order valence-corrected chi connectivity index (χ0v) is 13.0. The molecule has 0 fully saturated rings. The highest BCUT2D eigenvalue weighted by Crippen LogP contribution is 2.34. The van der Waals surface area contributed by atoms with Crippen LogP contribution in [0.1, 0.15) is 22.8 Å². The Balaban J connectivity index is 1.98. The van der Waals surface area contributed by atoms with Crippen molar-refractivity contribution in [1.29, 1.82) is 0 Å². The van der Waals surface area contributed by atoms with E-state index in [2.05, 4.69) is 21.2 Å². The van der Waals surface area contributed by atoms with Crippen LogP contribution in [0.25, 0.3) is 0 Å². The van der Waals surface area contributed by atoms with Crippen LogP contribution < -0.4 is 10.1 Å². The van der Waals surface area contributed by atoms with Gasteiger partial charge in [0.15, 0.2) is 6.61 Å². The second-order valence-corrected chi connectivity index (χ2v) is 5.80. The summed E-state index contributed by atoms with van der Waals surface area (Å²) < 4.78 is 6.27. The number of rotatable bonds is 2. The first kappa shape index (κ1) is 14.1. The molecule has 2 N–H and O–H groups in total. The van der Waals surface area contributed by atoms with E-state index in [0.717, 1.165) is 15.6 Å². The van der Waals surface area contributed by atoms with Crippen molar-refractivity contribution in [3.8, 4) is 5.75 Å². The largest absolute Gasteiger partial charge is 0.482 e. The first-order valence-electron chi connectivity index (χ1n) is 6.56. The van der Waals surface area contributed by atoms with Crippen molar-refractivity contribution in [2.75, 3.05) is 11.9 Å².